The Kier molecular flexibility index (Phi) is 11.1. The van der Waals surface area contributed by atoms with Gasteiger partial charge in [0.2, 0.25) is 0 Å². The quantitative estimate of drug-likeness (QED) is 0.570. The average Bonchev–Trinajstić information content (AvgIpc) is 0.811. The van der Waals surface area contributed by atoms with Crippen LogP contribution in [-0.4, -0.2) is 16.4 Å². The van der Waals surface area contributed by atoms with Gasteiger partial charge < -0.3 is 0 Å². The Hall–Kier alpha value is 1.67. The number of hydrogen-bond acceptors (Lipinski definition) is 0. The first-order valence-corrected chi connectivity index (χ1v) is 13.2. The van der Waals surface area contributed by atoms with E-state index >= 15 is 0 Å². The minimum atomic E-state index is -2.22. The van der Waals surface area contributed by atoms with Crippen molar-refractivity contribution in [1.82, 2.24) is 0 Å². The third kappa shape index (κ3) is 27.4. The van der Waals surface area contributed by atoms with Gasteiger partial charge in [-0.2, -0.15) is 0 Å². The van der Waals surface area contributed by atoms with Crippen LogP contribution in [0.4, 0.5) is 0 Å². The number of rotatable bonds is 0. The Morgan fingerprint density at radius 2 is 1.00 bits per heavy atom. The van der Waals surface area contributed by atoms with Gasteiger partial charge in [0.15, 0.2) is 0 Å². The molecule has 0 aromatic heterocycles. The van der Waals surface area contributed by atoms with E-state index in [2.05, 4.69) is 0 Å². The van der Waals surface area contributed by atoms with Crippen LogP contribution in [0.25, 0.3) is 0 Å². The Morgan fingerprint density at radius 3 is 1.00 bits per heavy atom. The van der Waals surface area contributed by atoms with E-state index in [-0.39, 0.29) is 7.43 Å². The standard InChI is InChI=1S/CH4.3ClH.Sn.H/h1H4;3*1H;;/q;;;;+3;/p-3. The molecule has 0 aliphatic heterocycles. The van der Waals surface area contributed by atoms with Crippen molar-refractivity contribution in [3.05, 3.63) is 0 Å². The molecular formula is CH5Cl3Sn. The molecule has 0 spiro atoms. The molecule has 0 fully saturated rings. The number of halogens is 3. The van der Waals surface area contributed by atoms with Gasteiger partial charge in [0.1, 0.15) is 0 Å². The molecule has 4 heteroatoms. The molecular weight excluding hydrogens is 237 g/mol. The van der Waals surface area contributed by atoms with Gasteiger partial charge in [0.05, 0.1) is 0 Å². The predicted molar refractivity (Wildman–Crippen MR) is 31.4 cm³/mol. The van der Waals surface area contributed by atoms with Crippen LogP contribution < -0.4 is 0 Å². The fourth-order valence-corrected chi connectivity index (χ4v) is 0. The van der Waals surface area contributed by atoms with Crippen molar-refractivity contribution >= 4 is 43.1 Å². The molecule has 0 aromatic rings. The molecule has 5 heavy (non-hydrogen) atoms. The summed E-state index contributed by atoms with van der Waals surface area (Å²) in [6, 6.07) is 0. The average molecular weight is 242 g/mol. The third-order valence-corrected chi connectivity index (χ3v) is 0. The molecule has 0 rings (SSSR count). The van der Waals surface area contributed by atoms with Crippen LogP contribution in [0.3, 0.4) is 0 Å². The molecule has 0 saturated carbocycles. The molecule has 0 N–H and O–H groups in total. The second kappa shape index (κ2) is 5.67. The van der Waals surface area contributed by atoms with E-state index in [0.29, 0.717) is 0 Å². The van der Waals surface area contributed by atoms with Gasteiger partial charge in [-0.15, -0.1) is 0 Å². The summed E-state index contributed by atoms with van der Waals surface area (Å²) < 4.78 is 0. The molecule has 0 saturated heterocycles. The van der Waals surface area contributed by atoms with Crippen molar-refractivity contribution in [2.24, 2.45) is 0 Å². The second-order valence-corrected chi connectivity index (χ2v) is 14.9. The molecule has 34 valence electrons. The van der Waals surface area contributed by atoms with E-state index in [9.17, 15) is 0 Å². The van der Waals surface area contributed by atoms with E-state index in [0.717, 1.165) is 0 Å². The van der Waals surface area contributed by atoms with Gasteiger partial charge >= 0.3 is 43.1 Å². The summed E-state index contributed by atoms with van der Waals surface area (Å²) in [4.78, 5) is 0. The molecule has 0 atom stereocenters. The van der Waals surface area contributed by atoms with Gasteiger partial charge in [0, 0.05) is 0 Å². The van der Waals surface area contributed by atoms with Crippen LogP contribution in [0.5, 0.6) is 0 Å². The van der Waals surface area contributed by atoms with Gasteiger partial charge in [-0.3, -0.25) is 0 Å². The zero-order valence-corrected chi connectivity index (χ0v) is 7.27. The van der Waals surface area contributed by atoms with Crippen LogP contribution in [0.1, 0.15) is 7.43 Å². The van der Waals surface area contributed by atoms with Gasteiger partial charge in [-0.05, 0) is 0 Å². The minimum absolute atomic E-state index is 0. The molecule has 0 nitrogen and oxygen atoms in total. The molecule has 0 aliphatic rings. The monoisotopic (exact) mass is 242 g/mol. The SMILES string of the molecule is C.[Cl][SnH]([Cl])[Cl]. The van der Waals surface area contributed by atoms with Crippen molar-refractivity contribution in [2.45, 2.75) is 7.43 Å². The van der Waals surface area contributed by atoms with Crippen LogP contribution in [0.2, 0.25) is 0 Å². The molecule has 0 radical (unpaired) electrons. The van der Waals surface area contributed by atoms with E-state index in [1.165, 1.54) is 0 Å². The fourth-order valence-electron chi connectivity index (χ4n) is 0. The summed E-state index contributed by atoms with van der Waals surface area (Å²) in [5, 5.41) is 0. The Labute approximate surface area is 50.3 Å². The van der Waals surface area contributed by atoms with Crippen LogP contribution in [0.15, 0.2) is 0 Å². The van der Waals surface area contributed by atoms with Gasteiger partial charge in [-0.1, -0.05) is 7.43 Å². The summed E-state index contributed by atoms with van der Waals surface area (Å²) in [7, 11) is 15.0. The van der Waals surface area contributed by atoms with E-state index in [4.69, 9.17) is 26.8 Å². The summed E-state index contributed by atoms with van der Waals surface area (Å²) in [5.74, 6) is 0. The Balaban J connectivity index is 0. The topological polar surface area (TPSA) is 0 Å². The summed E-state index contributed by atoms with van der Waals surface area (Å²) in [6.45, 7) is 0. The normalized spacial score (nSPS) is 7.20. The molecule has 0 aromatic carbocycles. The van der Waals surface area contributed by atoms with Gasteiger partial charge in [0.25, 0.3) is 0 Å². The zero-order valence-electron chi connectivity index (χ0n) is 1.71. The first kappa shape index (κ1) is 9.83. The van der Waals surface area contributed by atoms with E-state index in [1.807, 2.05) is 0 Å². The van der Waals surface area contributed by atoms with Crippen molar-refractivity contribution < 1.29 is 0 Å². The first-order valence-electron chi connectivity index (χ1n) is 0.655. The molecule has 0 heterocycles. The van der Waals surface area contributed by atoms with E-state index < -0.39 is 16.4 Å². The zero-order chi connectivity index (χ0) is 3.58. The second-order valence-electron chi connectivity index (χ2n) is 0.247. The Bertz CT molecular complexity index is 11.6. The molecule has 0 unspecified atom stereocenters. The first-order chi connectivity index (χ1) is 1.73. The molecule has 0 aliphatic carbocycles. The van der Waals surface area contributed by atoms with Crippen molar-refractivity contribution in [1.29, 1.82) is 0 Å². The number of hydrogen-bond donors (Lipinski definition) is 0. The maximum atomic E-state index is 5.02. The predicted octanol–water partition coefficient (Wildman–Crippen LogP) is 2.06. The van der Waals surface area contributed by atoms with Crippen molar-refractivity contribution in [3.63, 3.8) is 0 Å². The van der Waals surface area contributed by atoms with Crippen molar-refractivity contribution in [2.75, 3.05) is 0 Å². The van der Waals surface area contributed by atoms with E-state index in [1.54, 1.807) is 0 Å². The van der Waals surface area contributed by atoms with Crippen LogP contribution in [-0.2, 0) is 0 Å². The fraction of sp³-hybridized carbons (Fsp3) is 1.00. The Morgan fingerprint density at radius 1 is 1.00 bits per heavy atom. The molecule has 0 amide bonds. The summed E-state index contributed by atoms with van der Waals surface area (Å²) in [5.41, 5.74) is 0. The van der Waals surface area contributed by atoms with Crippen LogP contribution in [0, 0.1) is 0 Å². The summed E-state index contributed by atoms with van der Waals surface area (Å²) in [6.07, 6.45) is 0. The van der Waals surface area contributed by atoms with Crippen LogP contribution >= 0.6 is 26.8 Å². The third-order valence-electron chi connectivity index (χ3n) is 0. The summed E-state index contributed by atoms with van der Waals surface area (Å²) >= 11 is -2.22. The van der Waals surface area contributed by atoms with Gasteiger partial charge in [-0.25, -0.2) is 0 Å². The maximum absolute atomic E-state index is 5.02. The molecule has 0 bridgehead atoms. The van der Waals surface area contributed by atoms with Crippen molar-refractivity contribution in [3.8, 4) is 0 Å².